The fraction of sp³-hybridized carbons (Fsp3) is 0.0625. The van der Waals surface area contributed by atoms with Gasteiger partial charge in [-0.05, 0) is 31.2 Å². The van der Waals surface area contributed by atoms with Crippen molar-refractivity contribution in [3.63, 3.8) is 0 Å². The molecule has 2 N–H and O–H groups in total. The molecule has 2 aromatic heterocycles. The van der Waals surface area contributed by atoms with Crippen LogP contribution >= 0.6 is 0 Å². The first-order valence-corrected chi connectivity index (χ1v) is 6.66. The van der Waals surface area contributed by atoms with Gasteiger partial charge in [0.25, 0.3) is 5.91 Å². The third-order valence-corrected chi connectivity index (χ3v) is 3.20. The van der Waals surface area contributed by atoms with Crippen LogP contribution in [0.1, 0.15) is 23.0 Å². The number of para-hydroxylation sites is 1. The molecule has 0 saturated heterocycles. The minimum absolute atomic E-state index is 0.311. The Kier molecular flexibility index (Phi) is 3.57. The van der Waals surface area contributed by atoms with Gasteiger partial charge in [-0.1, -0.05) is 18.2 Å². The Morgan fingerprint density at radius 1 is 1.23 bits per heavy atom. The predicted molar refractivity (Wildman–Crippen MR) is 83.0 cm³/mol. The van der Waals surface area contributed by atoms with E-state index in [2.05, 4.69) is 15.5 Å². The van der Waals surface area contributed by atoms with Crippen LogP contribution in [-0.2, 0) is 0 Å². The SMILES string of the molecule is C/C(=N/NC(=O)c1ccc[nH]1)c1cc2ccccc2oc1=O. The van der Waals surface area contributed by atoms with Crippen molar-refractivity contribution in [3.8, 4) is 0 Å². The van der Waals surface area contributed by atoms with Gasteiger partial charge in [-0.3, -0.25) is 4.79 Å². The van der Waals surface area contributed by atoms with Crippen LogP contribution in [0.2, 0.25) is 0 Å². The smallest absolute Gasteiger partial charge is 0.345 e. The van der Waals surface area contributed by atoms with E-state index in [4.69, 9.17) is 4.42 Å². The number of nitrogens with one attached hydrogen (secondary N) is 2. The highest BCUT2D eigenvalue weighted by Gasteiger charge is 2.09. The molecule has 22 heavy (non-hydrogen) atoms. The molecule has 110 valence electrons. The quantitative estimate of drug-likeness (QED) is 0.441. The van der Waals surface area contributed by atoms with Gasteiger partial charge in [0, 0.05) is 11.6 Å². The Morgan fingerprint density at radius 3 is 2.82 bits per heavy atom. The van der Waals surface area contributed by atoms with E-state index >= 15 is 0 Å². The fourth-order valence-electron chi connectivity index (χ4n) is 2.04. The normalized spacial score (nSPS) is 11.6. The molecule has 0 radical (unpaired) electrons. The number of aromatic nitrogens is 1. The predicted octanol–water partition coefficient (Wildman–Crippen LogP) is 2.28. The lowest BCUT2D eigenvalue weighted by atomic mass is 10.1. The molecule has 0 unspecified atom stereocenters. The largest absolute Gasteiger partial charge is 0.422 e. The van der Waals surface area contributed by atoms with Crippen LogP contribution in [-0.4, -0.2) is 16.6 Å². The zero-order chi connectivity index (χ0) is 15.5. The van der Waals surface area contributed by atoms with E-state index < -0.39 is 5.63 Å². The average molecular weight is 295 g/mol. The third-order valence-electron chi connectivity index (χ3n) is 3.20. The Balaban J connectivity index is 1.89. The van der Waals surface area contributed by atoms with E-state index in [1.807, 2.05) is 12.1 Å². The molecule has 3 rings (SSSR count). The number of amides is 1. The first kappa shape index (κ1) is 13.8. The van der Waals surface area contributed by atoms with Gasteiger partial charge in [0.15, 0.2) is 0 Å². The van der Waals surface area contributed by atoms with Crippen molar-refractivity contribution in [3.05, 3.63) is 70.3 Å². The molecular weight excluding hydrogens is 282 g/mol. The van der Waals surface area contributed by atoms with Crippen LogP contribution < -0.4 is 11.1 Å². The van der Waals surface area contributed by atoms with Crippen LogP contribution in [0.3, 0.4) is 0 Å². The van der Waals surface area contributed by atoms with E-state index in [1.165, 1.54) is 0 Å². The first-order chi connectivity index (χ1) is 10.6. The van der Waals surface area contributed by atoms with E-state index in [0.29, 0.717) is 22.6 Å². The zero-order valence-electron chi connectivity index (χ0n) is 11.8. The van der Waals surface area contributed by atoms with Crippen molar-refractivity contribution >= 4 is 22.6 Å². The summed E-state index contributed by atoms with van der Waals surface area (Å²) in [6, 6.07) is 12.2. The van der Waals surface area contributed by atoms with E-state index in [9.17, 15) is 9.59 Å². The third kappa shape index (κ3) is 2.67. The second-order valence-corrected chi connectivity index (χ2v) is 4.71. The minimum Gasteiger partial charge on any atom is -0.422 e. The number of carbonyl (C=O) groups is 1. The van der Waals surface area contributed by atoms with Crippen molar-refractivity contribution in [1.29, 1.82) is 0 Å². The maximum Gasteiger partial charge on any atom is 0.345 e. The summed E-state index contributed by atoms with van der Waals surface area (Å²) in [6.45, 7) is 1.63. The van der Waals surface area contributed by atoms with Gasteiger partial charge < -0.3 is 9.40 Å². The molecule has 0 aliphatic carbocycles. The first-order valence-electron chi connectivity index (χ1n) is 6.66. The molecule has 0 bridgehead atoms. The van der Waals surface area contributed by atoms with Gasteiger partial charge in [-0.25, -0.2) is 10.2 Å². The second kappa shape index (κ2) is 5.69. The molecule has 1 aromatic carbocycles. The van der Waals surface area contributed by atoms with Gasteiger partial charge in [0.2, 0.25) is 0 Å². The summed E-state index contributed by atoms with van der Waals surface area (Å²) in [4.78, 5) is 26.5. The minimum atomic E-state index is -0.492. The van der Waals surface area contributed by atoms with Crippen LogP contribution in [0, 0.1) is 0 Å². The maximum atomic E-state index is 12.0. The summed E-state index contributed by atoms with van der Waals surface area (Å²) >= 11 is 0. The average Bonchev–Trinajstić information content (AvgIpc) is 3.06. The van der Waals surface area contributed by atoms with E-state index in [1.54, 1.807) is 43.5 Å². The number of nitrogens with zero attached hydrogens (tertiary/aromatic N) is 1. The Labute approximate surface area is 125 Å². The molecule has 3 aromatic rings. The molecule has 2 heterocycles. The van der Waals surface area contributed by atoms with Crippen molar-refractivity contribution < 1.29 is 9.21 Å². The lowest BCUT2D eigenvalue weighted by Crippen LogP contribution is -2.21. The standard InChI is InChI=1S/C16H13N3O3/c1-10(18-19-15(20)13-6-4-8-17-13)12-9-11-5-2-3-7-14(11)22-16(12)21/h2-9,17H,1H3,(H,19,20)/b18-10-. The number of carbonyl (C=O) groups excluding carboxylic acids is 1. The summed E-state index contributed by atoms with van der Waals surface area (Å²) in [6.07, 6.45) is 1.64. The van der Waals surface area contributed by atoms with E-state index in [-0.39, 0.29) is 5.91 Å². The van der Waals surface area contributed by atoms with Crippen LogP contribution in [0.4, 0.5) is 0 Å². The molecular formula is C16H13N3O3. The highest BCUT2D eigenvalue weighted by molar-refractivity contribution is 6.01. The molecule has 0 spiro atoms. The highest BCUT2D eigenvalue weighted by Crippen LogP contribution is 2.12. The zero-order valence-corrected chi connectivity index (χ0v) is 11.8. The topological polar surface area (TPSA) is 87.5 Å². The number of rotatable bonds is 3. The lowest BCUT2D eigenvalue weighted by Gasteiger charge is -2.02. The van der Waals surface area contributed by atoms with Gasteiger partial charge >= 0.3 is 5.63 Å². The maximum absolute atomic E-state index is 12.0. The summed E-state index contributed by atoms with van der Waals surface area (Å²) in [5.74, 6) is -0.380. The number of aromatic amines is 1. The summed E-state index contributed by atoms with van der Waals surface area (Å²) < 4.78 is 5.24. The number of fused-ring (bicyclic) bond motifs is 1. The molecule has 0 atom stereocenters. The molecule has 6 nitrogen and oxygen atoms in total. The number of hydrogen-bond acceptors (Lipinski definition) is 4. The number of benzene rings is 1. The fourth-order valence-corrected chi connectivity index (χ4v) is 2.04. The number of hydrogen-bond donors (Lipinski definition) is 2. The van der Waals surface area contributed by atoms with Crippen molar-refractivity contribution in [2.45, 2.75) is 6.92 Å². The second-order valence-electron chi connectivity index (χ2n) is 4.71. The van der Waals surface area contributed by atoms with Crippen molar-refractivity contribution in [2.24, 2.45) is 5.10 Å². The van der Waals surface area contributed by atoms with Gasteiger partial charge in [0.05, 0.1) is 11.3 Å². The van der Waals surface area contributed by atoms with Crippen molar-refractivity contribution in [1.82, 2.24) is 10.4 Å². The van der Waals surface area contributed by atoms with Gasteiger partial charge in [0.1, 0.15) is 11.3 Å². The molecule has 0 aliphatic rings. The van der Waals surface area contributed by atoms with Crippen molar-refractivity contribution in [2.75, 3.05) is 0 Å². The Bertz CT molecular complexity index is 908. The van der Waals surface area contributed by atoms with Gasteiger partial charge in [-0.2, -0.15) is 5.10 Å². The van der Waals surface area contributed by atoms with E-state index in [0.717, 1.165) is 5.39 Å². The summed E-state index contributed by atoms with van der Waals surface area (Å²) in [5, 5.41) is 4.75. The number of H-pyrrole nitrogens is 1. The Hall–Kier alpha value is -3.15. The van der Waals surface area contributed by atoms with Crippen LogP contribution in [0.15, 0.2) is 63.0 Å². The lowest BCUT2D eigenvalue weighted by molar-refractivity contribution is 0.0950. The van der Waals surface area contributed by atoms with Crippen LogP contribution in [0.25, 0.3) is 11.0 Å². The monoisotopic (exact) mass is 295 g/mol. The Morgan fingerprint density at radius 2 is 2.05 bits per heavy atom. The van der Waals surface area contributed by atoms with Gasteiger partial charge in [-0.15, -0.1) is 0 Å². The van der Waals surface area contributed by atoms with Crippen LogP contribution in [0.5, 0.6) is 0 Å². The summed E-state index contributed by atoms with van der Waals surface area (Å²) in [5.41, 5.74) is 3.49. The number of hydrazone groups is 1. The summed E-state index contributed by atoms with van der Waals surface area (Å²) in [7, 11) is 0. The molecule has 0 saturated carbocycles. The molecule has 0 fully saturated rings. The molecule has 0 aliphatic heterocycles. The molecule has 1 amide bonds. The highest BCUT2D eigenvalue weighted by atomic mass is 16.4. The molecule has 6 heteroatoms.